The molecule has 3 aromatic rings. The molecule has 1 aromatic heterocycles. The molecule has 0 saturated carbocycles. The number of likely N-dealkylation sites (N-methyl/N-ethyl adjacent to an activating group) is 1. The number of amides is 4. The Morgan fingerprint density at radius 3 is 2.85 bits per heavy atom. The Labute approximate surface area is 154 Å². The SMILES string of the molecule is CN1CC(=O)N(c2cccc(NC(=O)Cc3ccc4nc[nH]c4c3)c2)C1=O. The van der Waals surface area contributed by atoms with Crippen molar-refractivity contribution in [2.24, 2.45) is 0 Å². The van der Waals surface area contributed by atoms with Gasteiger partial charge in [0.1, 0.15) is 6.54 Å². The second-order valence-corrected chi connectivity index (χ2v) is 6.40. The first-order valence-electron chi connectivity index (χ1n) is 8.41. The topological polar surface area (TPSA) is 98.4 Å². The Balaban J connectivity index is 1.48. The Morgan fingerprint density at radius 2 is 2.07 bits per heavy atom. The van der Waals surface area contributed by atoms with Crippen LogP contribution in [-0.4, -0.2) is 46.3 Å². The summed E-state index contributed by atoms with van der Waals surface area (Å²) < 4.78 is 0. The number of nitrogens with one attached hydrogen (secondary N) is 2. The summed E-state index contributed by atoms with van der Waals surface area (Å²) in [6.45, 7) is 0.0471. The van der Waals surface area contributed by atoms with Crippen molar-refractivity contribution in [2.75, 3.05) is 23.8 Å². The number of carbonyl (C=O) groups is 3. The van der Waals surface area contributed by atoms with E-state index in [4.69, 9.17) is 0 Å². The lowest BCUT2D eigenvalue weighted by atomic mass is 10.1. The van der Waals surface area contributed by atoms with E-state index in [0.29, 0.717) is 11.4 Å². The number of hydrogen-bond acceptors (Lipinski definition) is 4. The van der Waals surface area contributed by atoms with E-state index in [1.54, 1.807) is 37.6 Å². The van der Waals surface area contributed by atoms with Gasteiger partial charge in [-0.25, -0.2) is 14.7 Å². The Hall–Kier alpha value is -3.68. The second kappa shape index (κ2) is 6.56. The molecule has 1 aliphatic rings. The number of hydrogen-bond donors (Lipinski definition) is 2. The highest BCUT2D eigenvalue weighted by atomic mass is 16.2. The minimum atomic E-state index is -0.378. The first kappa shape index (κ1) is 16.8. The highest BCUT2D eigenvalue weighted by molar-refractivity contribution is 6.19. The van der Waals surface area contributed by atoms with Crippen LogP contribution in [0.15, 0.2) is 48.8 Å². The maximum Gasteiger partial charge on any atom is 0.331 e. The van der Waals surface area contributed by atoms with Crippen molar-refractivity contribution in [1.82, 2.24) is 14.9 Å². The fourth-order valence-electron chi connectivity index (χ4n) is 3.08. The lowest BCUT2D eigenvalue weighted by molar-refractivity contribution is -0.117. The minimum absolute atomic E-state index is 0.0471. The number of H-pyrrole nitrogens is 1. The van der Waals surface area contributed by atoms with Crippen molar-refractivity contribution < 1.29 is 14.4 Å². The summed E-state index contributed by atoms with van der Waals surface area (Å²) in [6, 6.07) is 11.9. The number of urea groups is 1. The monoisotopic (exact) mass is 363 g/mol. The van der Waals surface area contributed by atoms with Gasteiger partial charge in [0.05, 0.1) is 29.5 Å². The van der Waals surface area contributed by atoms with Crippen molar-refractivity contribution in [3.63, 3.8) is 0 Å². The molecule has 1 saturated heterocycles. The van der Waals surface area contributed by atoms with Crippen LogP contribution in [0.25, 0.3) is 11.0 Å². The number of nitrogens with zero attached hydrogens (tertiary/aromatic N) is 3. The van der Waals surface area contributed by atoms with E-state index >= 15 is 0 Å². The fourth-order valence-corrected chi connectivity index (χ4v) is 3.08. The third kappa shape index (κ3) is 3.24. The van der Waals surface area contributed by atoms with Crippen molar-refractivity contribution in [1.29, 1.82) is 0 Å². The van der Waals surface area contributed by atoms with Crippen LogP contribution < -0.4 is 10.2 Å². The molecular formula is C19H17N5O3. The number of anilines is 2. The molecule has 2 heterocycles. The van der Waals surface area contributed by atoms with Gasteiger partial charge in [0, 0.05) is 12.7 Å². The predicted molar refractivity (Wildman–Crippen MR) is 100 cm³/mol. The maximum absolute atomic E-state index is 12.4. The number of imide groups is 1. The molecule has 0 radical (unpaired) electrons. The van der Waals surface area contributed by atoms with Gasteiger partial charge in [-0.1, -0.05) is 12.1 Å². The molecule has 4 rings (SSSR count). The van der Waals surface area contributed by atoms with Gasteiger partial charge in [-0.15, -0.1) is 0 Å². The van der Waals surface area contributed by atoms with E-state index < -0.39 is 0 Å². The van der Waals surface area contributed by atoms with E-state index in [-0.39, 0.29) is 30.8 Å². The molecule has 8 heteroatoms. The first-order chi connectivity index (χ1) is 13.0. The van der Waals surface area contributed by atoms with Crippen LogP contribution in [-0.2, 0) is 16.0 Å². The van der Waals surface area contributed by atoms with Gasteiger partial charge in [0.2, 0.25) is 5.91 Å². The normalized spacial score (nSPS) is 14.3. The largest absolute Gasteiger partial charge is 0.345 e. The molecule has 1 fully saturated rings. The average Bonchev–Trinajstić information content (AvgIpc) is 3.19. The van der Waals surface area contributed by atoms with Crippen LogP contribution in [0.5, 0.6) is 0 Å². The first-order valence-corrected chi connectivity index (χ1v) is 8.41. The molecule has 1 aliphatic heterocycles. The maximum atomic E-state index is 12.4. The minimum Gasteiger partial charge on any atom is -0.345 e. The van der Waals surface area contributed by atoms with Crippen molar-refractivity contribution in [3.8, 4) is 0 Å². The third-order valence-corrected chi connectivity index (χ3v) is 4.38. The molecule has 2 N–H and O–H groups in total. The standard InChI is InChI=1S/C19H17N5O3/c1-23-10-18(26)24(19(23)27)14-4-2-3-13(9-14)22-17(25)8-12-5-6-15-16(7-12)21-11-20-15/h2-7,9,11H,8,10H2,1H3,(H,20,21)(H,22,25). The summed E-state index contributed by atoms with van der Waals surface area (Å²) in [4.78, 5) is 46.1. The van der Waals surface area contributed by atoms with Gasteiger partial charge in [-0.3, -0.25) is 9.59 Å². The highest BCUT2D eigenvalue weighted by Crippen LogP contribution is 2.24. The van der Waals surface area contributed by atoms with Gasteiger partial charge >= 0.3 is 6.03 Å². The van der Waals surface area contributed by atoms with Gasteiger partial charge < -0.3 is 15.2 Å². The van der Waals surface area contributed by atoms with Crippen LogP contribution in [0.3, 0.4) is 0 Å². The molecule has 0 spiro atoms. The zero-order valence-electron chi connectivity index (χ0n) is 14.6. The number of carbonyl (C=O) groups excluding carboxylic acids is 3. The summed E-state index contributed by atoms with van der Waals surface area (Å²) in [7, 11) is 1.57. The van der Waals surface area contributed by atoms with Crippen LogP contribution in [0, 0.1) is 0 Å². The third-order valence-electron chi connectivity index (χ3n) is 4.38. The number of rotatable bonds is 4. The van der Waals surface area contributed by atoms with Gasteiger partial charge in [-0.05, 0) is 35.9 Å². The van der Waals surface area contributed by atoms with E-state index in [0.717, 1.165) is 21.5 Å². The van der Waals surface area contributed by atoms with E-state index in [9.17, 15) is 14.4 Å². The molecule has 2 aromatic carbocycles. The van der Waals surface area contributed by atoms with Crippen LogP contribution in [0.1, 0.15) is 5.56 Å². The molecule has 4 amide bonds. The molecule has 0 bridgehead atoms. The summed E-state index contributed by atoms with van der Waals surface area (Å²) >= 11 is 0. The summed E-state index contributed by atoms with van der Waals surface area (Å²) in [6.07, 6.45) is 1.81. The van der Waals surface area contributed by atoms with Crippen molar-refractivity contribution in [3.05, 3.63) is 54.4 Å². The Bertz CT molecular complexity index is 1060. The molecular weight excluding hydrogens is 346 g/mol. The Morgan fingerprint density at radius 1 is 1.22 bits per heavy atom. The molecule has 0 aliphatic carbocycles. The van der Waals surface area contributed by atoms with Gasteiger partial charge in [0.25, 0.3) is 5.91 Å². The molecule has 0 unspecified atom stereocenters. The van der Waals surface area contributed by atoms with Crippen molar-refractivity contribution in [2.45, 2.75) is 6.42 Å². The quantitative estimate of drug-likeness (QED) is 0.694. The van der Waals surface area contributed by atoms with Crippen molar-refractivity contribution >= 4 is 40.3 Å². The number of aromatic amines is 1. The molecule has 8 nitrogen and oxygen atoms in total. The smallest absolute Gasteiger partial charge is 0.331 e. The van der Waals surface area contributed by atoms with E-state index in [1.165, 1.54) is 4.90 Å². The Kier molecular flexibility index (Phi) is 4.08. The zero-order valence-corrected chi connectivity index (χ0v) is 14.6. The van der Waals surface area contributed by atoms with E-state index in [2.05, 4.69) is 15.3 Å². The van der Waals surface area contributed by atoms with Gasteiger partial charge in [0.15, 0.2) is 0 Å². The molecule has 0 atom stereocenters. The van der Waals surface area contributed by atoms with Crippen LogP contribution in [0.4, 0.5) is 16.2 Å². The highest BCUT2D eigenvalue weighted by Gasteiger charge is 2.34. The lowest BCUT2D eigenvalue weighted by Crippen LogP contribution is -2.31. The number of aromatic nitrogens is 2. The summed E-state index contributed by atoms with van der Waals surface area (Å²) in [5, 5.41) is 2.81. The number of imidazole rings is 1. The van der Waals surface area contributed by atoms with Crippen LogP contribution in [0.2, 0.25) is 0 Å². The number of benzene rings is 2. The molecule has 27 heavy (non-hydrogen) atoms. The second-order valence-electron chi connectivity index (χ2n) is 6.40. The van der Waals surface area contributed by atoms with E-state index in [1.807, 2.05) is 18.2 Å². The number of fused-ring (bicyclic) bond motifs is 1. The zero-order chi connectivity index (χ0) is 19.0. The molecule has 136 valence electrons. The van der Waals surface area contributed by atoms with Crippen LogP contribution >= 0.6 is 0 Å². The summed E-state index contributed by atoms with van der Waals surface area (Å²) in [5.74, 6) is -0.485. The lowest BCUT2D eigenvalue weighted by Gasteiger charge is -2.15. The van der Waals surface area contributed by atoms with Gasteiger partial charge in [-0.2, -0.15) is 0 Å². The summed E-state index contributed by atoms with van der Waals surface area (Å²) in [5.41, 5.74) is 3.53. The average molecular weight is 363 g/mol. The predicted octanol–water partition coefficient (Wildman–Crippen LogP) is 2.14. The fraction of sp³-hybridized carbons (Fsp3) is 0.158.